The van der Waals surface area contributed by atoms with Gasteiger partial charge in [-0.1, -0.05) is 54.1 Å². The van der Waals surface area contributed by atoms with Crippen LogP contribution in [0, 0.1) is 5.92 Å². The van der Waals surface area contributed by atoms with Crippen molar-refractivity contribution in [2.24, 2.45) is 5.92 Å². The molecule has 182 valence electrons. The summed E-state index contributed by atoms with van der Waals surface area (Å²) >= 11 is 9.00. The number of hydrogen-bond donors (Lipinski definition) is 1. The molecule has 1 spiro atoms. The van der Waals surface area contributed by atoms with Crippen LogP contribution < -0.4 is 10.2 Å². The maximum Gasteiger partial charge on any atom is 0.238 e. The lowest BCUT2D eigenvalue weighted by atomic mass is 9.65. The molecule has 3 aliphatic rings. The number of thiophene rings is 2. The number of fused-ring (bicyclic) bond motifs is 6. The van der Waals surface area contributed by atoms with E-state index in [0.29, 0.717) is 20.5 Å². The van der Waals surface area contributed by atoms with Crippen LogP contribution >= 0.6 is 34.3 Å². The number of ketones is 2. The molecule has 0 bridgehead atoms. The SMILES string of the molecule is O=C(c1cccs1)[C@@H]1[C@H](C(=O)c2cccs2)[C@]2(C(=O)Nc3ccccc32)[C@H]2C=Cc3cc(Cl)ccc3N12. The summed E-state index contributed by atoms with van der Waals surface area (Å²) in [6, 6.07) is 18.8. The van der Waals surface area contributed by atoms with E-state index in [0.717, 1.165) is 16.8 Å². The summed E-state index contributed by atoms with van der Waals surface area (Å²) < 4.78 is 0. The lowest BCUT2D eigenvalue weighted by Gasteiger charge is -2.37. The molecular weight excluding hydrogens is 524 g/mol. The number of Topliss-reactive ketones (excluding diaryl/α,β-unsaturated/α-hetero) is 2. The molecule has 0 unspecified atom stereocenters. The van der Waals surface area contributed by atoms with Crippen LogP contribution in [-0.4, -0.2) is 29.6 Å². The third-order valence-electron chi connectivity index (χ3n) is 7.67. The van der Waals surface area contributed by atoms with Crippen LogP contribution in [-0.2, 0) is 10.2 Å². The van der Waals surface area contributed by atoms with Gasteiger partial charge in [0.1, 0.15) is 11.5 Å². The Kier molecular flexibility index (Phi) is 5.05. The first-order valence-corrected chi connectivity index (χ1v) is 14.0. The van der Waals surface area contributed by atoms with Gasteiger partial charge in [-0.25, -0.2) is 0 Å². The first kappa shape index (κ1) is 22.7. The quantitative estimate of drug-likeness (QED) is 0.306. The second kappa shape index (κ2) is 8.25. The lowest BCUT2D eigenvalue weighted by Crippen LogP contribution is -2.51. The van der Waals surface area contributed by atoms with Crippen molar-refractivity contribution in [1.82, 2.24) is 0 Å². The maximum atomic E-state index is 14.4. The zero-order chi connectivity index (χ0) is 25.3. The molecule has 4 atom stereocenters. The second-order valence-corrected chi connectivity index (χ2v) is 11.7. The molecule has 1 fully saturated rings. The lowest BCUT2D eigenvalue weighted by molar-refractivity contribution is -0.121. The van der Waals surface area contributed by atoms with Crippen LogP contribution in [0.5, 0.6) is 0 Å². The number of hydrogen-bond acceptors (Lipinski definition) is 6. The minimum absolute atomic E-state index is 0.167. The fraction of sp³-hybridized carbons (Fsp3) is 0.138. The molecular formula is C29H19ClN2O3S2. The van der Waals surface area contributed by atoms with Gasteiger partial charge in [0.2, 0.25) is 5.91 Å². The molecule has 5 nitrogen and oxygen atoms in total. The Labute approximate surface area is 226 Å². The van der Waals surface area contributed by atoms with Crippen molar-refractivity contribution in [1.29, 1.82) is 0 Å². The molecule has 1 N–H and O–H groups in total. The number of amides is 1. The Morgan fingerprint density at radius 2 is 1.65 bits per heavy atom. The Balaban J connectivity index is 1.55. The van der Waals surface area contributed by atoms with Crippen LogP contribution in [0.3, 0.4) is 0 Å². The van der Waals surface area contributed by atoms with Gasteiger partial charge in [0.05, 0.1) is 21.7 Å². The summed E-state index contributed by atoms with van der Waals surface area (Å²) in [4.78, 5) is 46.0. The van der Waals surface area contributed by atoms with Crippen molar-refractivity contribution in [3.63, 3.8) is 0 Å². The highest BCUT2D eigenvalue weighted by Gasteiger charge is 2.70. The standard InChI is InChI=1S/C29H19ClN2O3S2/c30-17-10-11-20-16(15-17)9-12-23-29(18-5-1-2-6-19(18)31-28(29)35)24(26(33)21-7-3-13-36-21)25(32(20)23)27(34)22-8-4-14-37-22/h1-15,23-25H,(H,31,35)/t23-,24-,25+,29-/m1/s1. The zero-order valence-electron chi connectivity index (χ0n) is 19.3. The number of carbonyl (C=O) groups is 3. The van der Waals surface area contributed by atoms with E-state index in [1.54, 1.807) is 18.2 Å². The Morgan fingerprint density at radius 1 is 0.919 bits per heavy atom. The van der Waals surface area contributed by atoms with E-state index in [9.17, 15) is 14.4 Å². The molecule has 7 rings (SSSR count). The largest absolute Gasteiger partial charge is 0.352 e. The Bertz CT molecular complexity index is 1610. The molecule has 5 heterocycles. The van der Waals surface area contributed by atoms with Gasteiger partial charge in [0.25, 0.3) is 0 Å². The highest BCUT2D eigenvalue weighted by molar-refractivity contribution is 7.12. The number of para-hydroxylation sites is 1. The average molecular weight is 543 g/mol. The van der Waals surface area contributed by atoms with Gasteiger partial charge in [0, 0.05) is 16.4 Å². The number of carbonyl (C=O) groups excluding carboxylic acids is 3. The smallest absolute Gasteiger partial charge is 0.238 e. The van der Waals surface area contributed by atoms with E-state index in [1.165, 1.54) is 22.7 Å². The molecule has 1 amide bonds. The monoisotopic (exact) mass is 542 g/mol. The van der Waals surface area contributed by atoms with Crippen molar-refractivity contribution >= 4 is 69.2 Å². The molecule has 2 aromatic heterocycles. The maximum absolute atomic E-state index is 14.4. The molecule has 0 aliphatic carbocycles. The van der Waals surface area contributed by atoms with Crippen molar-refractivity contribution in [3.05, 3.63) is 109 Å². The van der Waals surface area contributed by atoms with E-state index in [1.807, 2.05) is 76.3 Å². The first-order chi connectivity index (χ1) is 18.0. The predicted octanol–water partition coefficient (Wildman–Crippen LogP) is 6.32. The minimum Gasteiger partial charge on any atom is -0.352 e. The van der Waals surface area contributed by atoms with Crippen LogP contribution in [0.25, 0.3) is 6.08 Å². The van der Waals surface area contributed by atoms with Gasteiger partial charge in [0.15, 0.2) is 11.6 Å². The number of nitrogens with zero attached hydrogens (tertiary/aromatic N) is 1. The van der Waals surface area contributed by atoms with Crippen LogP contribution in [0.4, 0.5) is 11.4 Å². The minimum atomic E-state index is -1.29. The van der Waals surface area contributed by atoms with Gasteiger partial charge < -0.3 is 10.2 Å². The van der Waals surface area contributed by atoms with E-state index in [2.05, 4.69) is 5.32 Å². The molecule has 4 aromatic rings. The van der Waals surface area contributed by atoms with Gasteiger partial charge in [-0.3, -0.25) is 14.4 Å². The van der Waals surface area contributed by atoms with E-state index >= 15 is 0 Å². The summed E-state index contributed by atoms with van der Waals surface area (Å²) in [5.41, 5.74) is 1.76. The van der Waals surface area contributed by atoms with Crippen LogP contribution in [0.15, 0.2) is 83.6 Å². The molecule has 37 heavy (non-hydrogen) atoms. The number of nitrogens with one attached hydrogen (secondary N) is 1. The molecule has 0 saturated carbocycles. The summed E-state index contributed by atoms with van der Waals surface area (Å²) in [6.07, 6.45) is 3.90. The van der Waals surface area contributed by atoms with E-state index in [-0.39, 0.29) is 17.5 Å². The van der Waals surface area contributed by atoms with Crippen molar-refractivity contribution in [2.75, 3.05) is 10.2 Å². The van der Waals surface area contributed by atoms with Gasteiger partial charge >= 0.3 is 0 Å². The van der Waals surface area contributed by atoms with Gasteiger partial charge in [-0.05, 0) is 58.3 Å². The van der Waals surface area contributed by atoms with Gasteiger partial charge in [-0.15, -0.1) is 22.7 Å². The van der Waals surface area contributed by atoms with Crippen molar-refractivity contribution < 1.29 is 14.4 Å². The normalized spacial score (nSPS) is 25.1. The van der Waals surface area contributed by atoms with Crippen molar-refractivity contribution in [3.8, 4) is 0 Å². The number of rotatable bonds is 4. The number of halogens is 1. The predicted molar refractivity (Wildman–Crippen MR) is 148 cm³/mol. The fourth-order valence-corrected chi connectivity index (χ4v) is 7.87. The molecule has 1 saturated heterocycles. The Hall–Kier alpha value is -3.52. The van der Waals surface area contributed by atoms with E-state index < -0.39 is 23.4 Å². The summed E-state index contributed by atoms with van der Waals surface area (Å²) in [5, 5.41) is 7.32. The number of benzene rings is 2. The summed E-state index contributed by atoms with van der Waals surface area (Å²) in [5.74, 6) is -1.57. The summed E-state index contributed by atoms with van der Waals surface area (Å²) in [6.45, 7) is 0. The average Bonchev–Trinajstić information content (AvgIpc) is 3.70. The zero-order valence-corrected chi connectivity index (χ0v) is 21.6. The highest BCUT2D eigenvalue weighted by atomic mass is 35.5. The number of anilines is 2. The topological polar surface area (TPSA) is 66.5 Å². The summed E-state index contributed by atoms with van der Waals surface area (Å²) in [7, 11) is 0. The third-order valence-corrected chi connectivity index (χ3v) is 9.68. The third kappa shape index (κ3) is 3.05. The second-order valence-electron chi connectivity index (χ2n) is 9.39. The van der Waals surface area contributed by atoms with Gasteiger partial charge in [-0.2, -0.15) is 0 Å². The van der Waals surface area contributed by atoms with Crippen LogP contribution in [0.1, 0.15) is 30.5 Å². The molecule has 0 radical (unpaired) electrons. The van der Waals surface area contributed by atoms with Crippen molar-refractivity contribution in [2.45, 2.75) is 17.5 Å². The fourth-order valence-electron chi connectivity index (χ4n) is 6.29. The Morgan fingerprint density at radius 3 is 2.38 bits per heavy atom. The highest BCUT2D eigenvalue weighted by Crippen LogP contribution is 2.58. The van der Waals surface area contributed by atoms with Crippen LogP contribution in [0.2, 0.25) is 5.02 Å². The molecule has 3 aliphatic heterocycles. The first-order valence-electron chi connectivity index (χ1n) is 11.8. The molecule has 2 aromatic carbocycles. The molecule has 8 heteroatoms. The van der Waals surface area contributed by atoms with E-state index in [4.69, 9.17) is 11.6 Å².